The Morgan fingerprint density at radius 2 is 1.85 bits per heavy atom. The van der Waals surface area contributed by atoms with Crippen LogP contribution in [0.1, 0.15) is 49.2 Å². The summed E-state index contributed by atoms with van der Waals surface area (Å²) in [6.07, 6.45) is 2.42. The minimum absolute atomic E-state index is 0.0725. The summed E-state index contributed by atoms with van der Waals surface area (Å²) in [5.41, 5.74) is 4.02. The smallest absolute Gasteiger partial charge is 0.178 e. The average molecular weight is 387 g/mol. The molecular formula is C21H26N2O3S. The Morgan fingerprint density at radius 3 is 2.48 bits per heavy atom. The quantitative estimate of drug-likeness (QED) is 0.792. The Hall–Kier alpha value is -2.05. The summed E-state index contributed by atoms with van der Waals surface area (Å²) < 4.78 is 23.7. The molecule has 3 rings (SSSR count). The monoisotopic (exact) mass is 386 g/mol. The summed E-state index contributed by atoms with van der Waals surface area (Å²) in [6.45, 7) is 6.75. The van der Waals surface area contributed by atoms with Gasteiger partial charge in [-0.15, -0.1) is 0 Å². The van der Waals surface area contributed by atoms with Crippen molar-refractivity contribution < 1.29 is 13.2 Å². The second kappa shape index (κ2) is 7.90. The number of aromatic nitrogens is 1. The fourth-order valence-electron chi connectivity index (χ4n) is 3.46. The van der Waals surface area contributed by atoms with Crippen LogP contribution in [-0.2, 0) is 34.0 Å². The van der Waals surface area contributed by atoms with Crippen LogP contribution in [0.4, 0.5) is 0 Å². The molecule has 6 heteroatoms. The van der Waals surface area contributed by atoms with Crippen molar-refractivity contribution in [1.29, 1.82) is 0 Å². The first-order valence-corrected chi connectivity index (χ1v) is 11.0. The molecular weight excluding hydrogens is 360 g/mol. The number of benzene rings is 1. The van der Waals surface area contributed by atoms with Gasteiger partial charge in [0.25, 0.3) is 0 Å². The van der Waals surface area contributed by atoms with Crippen molar-refractivity contribution in [1.82, 2.24) is 10.3 Å². The zero-order chi connectivity index (χ0) is 19.6. The number of hydrogen-bond donors (Lipinski definition) is 1. The van der Waals surface area contributed by atoms with Crippen molar-refractivity contribution in [3.63, 3.8) is 0 Å². The topological polar surface area (TPSA) is 76.1 Å². The van der Waals surface area contributed by atoms with E-state index in [0.717, 1.165) is 23.4 Å². The number of pyridine rings is 1. The van der Waals surface area contributed by atoms with Gasteiger partial charge in [-0.2, -0.15) is 0 Å². The van der Waals surface area contributed by atoms with E-state index in [1.54, 1.807) is 37.4 Å². The van der Waals surface area contributed by atoms with Crippen molar-refractivity contribution in [3.8, 4) is 0 Å². The van der Waals surface area contributed by atoms with E-state index in [0.29, 0.717) is 17.2 Å². The molecule has 0 saturated heterocycles. The van der Waals surface area contributed by atoms with Gasteiger partial charge in [-0.05, 0) is 34.7 Å². The molecule has 1 aliphatic heterocycles. The molecule has 0 fully saturated rings. The largest absolute Gasteiger partial charge is 0.304 e. The van der Waals surface area contributed by atoms with E-state index >= 15 is 0 Å². The molecule has 1 aromatic heterocycles. The molecule has 5 nitrogen and oxygen atoms in total. The van der Waals surface area contributed by atoms with E-state index in [1.807, 2.05) is 0 Å². The van der Waals surface area contributed by atoms with Gasteiger partial charge in [0, 0.05) is 25.6 Å². The van der Waals surface area contributed by atoms with Crippen LogP contribution >= 0.6 is 0 Å². The van der Waals surface area contributed by atoms with E-state index < -0.39 is 9.84 Å². The van der Waals surface area contributed by atoms with Crippen LogP contribution in [0.3, 0.4) is 0 Å². The zero-order valence-electron chi connectivity index (χ0n) is 16.0. The Morgan fingerprint density at radius 1 is 1.19 bits per heavy atom. The summed E-state index contributed by atoms with van der Waals surface area (Å²) in [4.78, 5) is 17.3. The highest BCUT2D eigenvalue weighted by Crippen LogP contribution is 2.29. The number of nitrogens with zero attached hydrogens (tertiary/aromatic N) is 1. The molecule has 0 aliphatic carbocycles. The van der Waals surface area contributed by atoms with E-state index in [-0.39, 0.29) is 24.0 Å². The summed E-state index contributed by atoms with van der Waals surface area (Å²) in [6, 6.07) is 8.96. The van der Waals surface area contributed by atoms with E-state index in [9.17, 15) is 13.2 Å². The molecule has 1 aromatic carbocycles. The third kappa shape index (κ3) is 4.45. The molecule has 1 aliphatic rings. The maximum atomic E-state index is 12.4. The van der Waals surface area contributed by atoms with Gasteiger partial charge in [0.05, 0.1) is 22.4 Å². The Kier molecular flexibility index (Phi) is 5.77. The number of rotatable bonds is 7. The van der Waals surface area contributed by atoms with Crippen LogP contribution < -0.4 is 5.32 Å². The third-order valence-electron chi connectivity index (χ3n) is 5.00. The van der Waals surface area contributed by atoms with Gasteiger partial charge in [0.15, 0.2) is 9.84 Å². The number of carbonyl (C=O) groups is 1. The second-order valence-electron chi connectivity index (χ2n) is 7.43. The van der Waals surface area contributed by atoms with Gasteiger partial charge in [0.1, 0.15) is 5.78 Å². The maximum absolute atomic E-state index is 12.4. The van der Waals surface area contributed by atoms with Crippen LogP contribution in [0.15, 0.2) is 41.4 Å². The predicted molar refractivity (Wildman–Crippen MR) is 105 cm³/mol. The van der Waals surface area contributed by atoms with Crippen LogP contribution in [0.2, 0.25) is 0 Å². The molecule has 2 aromatic rings. The highest BCUT2D eigenvalue weighted by atomic mass is 32.2. The van der Waals surface area contributed by atoms with Crippen molar-refractivity contribution in [2.24, 2.45) is 5.92 Å². The van der Waals surface area contributed by atoms with Crippen molar-refractivity contribution >= 4 is 15.6 Å². The number of nitrogens with one attached hydrogen (secondary N) is 1. The van der Waals surface area contributed by atoms with Crippen molar-refractivity contribution in [2.45, 2.75) is 51.1 Å². The van der Waals surface area contributed by atoms with Gasteiger partial charge < -0.3 is 5.32 Å². The Bertz CT molecular complexity index is 934. The molecule has 1 N–H and O–H groups in total. The van der Waals surface area contributed by atoms with Crippen LogP contribution in [0.25, 0.3) is 0 Å². The van der Waals surface area contributed by atoms with Gasteiger partial charge >= 0.3 is 0 Å². The van der Waals surface area contributed by atoms with Crippen LogP contribution in [0.5, 0.6) is 0 Å². The number of Topliss-reactive ketones (excluding diaryl/α,β-unsaturated/α-hetero) is 1. The first-order chi connectivity index (χ1) is 12.8. The molecule has 0 bridgehead atoms. The first kappa shape index (κ1) is 19.7. The SMILES string of the molecule is CCS(=O)(=O)c1ccc(CC(=O)Cc2cnc3c(c2)CN[C@H]3C(C)C)cc1. The minimum Gasteiger partial charge on any atom is -0.304 e. The number of ketones is 1. The molecule has 27 heavy (non-hydrogen) atoms. The van der Waals surface area contributed by atoms with Crippen molar-refractivity contribution in [3.05, 3.63) is 58.9 Å². The zero-order valence-corrected chi connectivity index (χ0v) is 16.8. The predicted octanol–water partition coefficient (Wildman–Crippen LogP) is 3.03. The normalized spacial score (nSPS) is 16.5. The average Bonchev–Trinajstić information content (AvgIpc) is 3.05. The molecule has 0 unspecified atom stereocenters. The lowest BCUT2D eigenvalue weighted by atomic mass is 9.99. The number of sulfone groups is 1. The molecule has 0 spiro atoms. The summed E-state index contributed by atoms with van der Waals surface area (Å²) in [5, 5.41) is 3.47. The van der Waals surface area contributed by atoms with Crippen LogP contribution in [-0.4, -0.2) is 24.9 Å². The van der Waals surface area contributed by atoms with Gasteiger partial charge in [-0.3, -0.25) is 9.78 Å². The Labute approximate surface area is 161 Å². The van der Waals surface area contributed by atoms with E-state index in [1.165, 1.54) is 5.56 Å². The van der Waals surface area contributed by atoms with Crippen LogP contribution in [0, 0.1) is 5.92 Å². The molecule has 0 saturated carbocycles. The summed E-state index contributed by atoms with van der Waals surface area (Å²) in [7, 11) is -3.21. The van der Waals surface area contributed by atoms with E-state index in [4.69, 9.17) is 0 Å². The lowest BCUT2D eigenvalue weighted by molar-refractivity contribution is -0.117. The summed E-state index contributed by atoms with van der Waals surface area (Å²) >= 11 is 0. The fourth-order valence-corrected chi connectivity index (χ4v) is 4.34. The number of hydrogen-bond acceptors (Lipinski definition) is 5. The minimum atomic E-state index is -3.21. The molecule has 2 heterocycles. The van der Waals surface area contributed by atoms with Gasteiger partial charge in [-0.25, -0.2) is 8.42 Å². The lowest BCUT2D eigenvalue weighted by Crippen LogP contribution is -2.18. The van der Waals surface area contributed by atoms with Gasteiger partial charge in [-0.1, -0.05) is 39.0 Å². The third-order valence-corrected chi connectivity index (χ3v) is 6.75. The van der Waals surface area contributed by atoms with E-state index in [2.05, 4.69) is 30.2 Å². The Balaban J connectivity index is 1.65. The maximum Gasteiger partial charge on any atom is 0.178 e. The summed E-state index contributed by atoms with van der Waals surface area (Å²) in [5.74, 6) is 0.642. The lowest BCUT2D eigenvalue weighted by Gasteiger charge is -2.15. The number of carbonyl (C=O) groups excluding carboxylic acids is 1. The highest BCUT2D eigenvalue weighted by molar-refractivity contribution is 7.91. The fraction of sp³-hybridized carbons (Fsp3) is 0.429. The molecule has 0 amide bonds. The van der Waals surface area contributed by atoms with Gasteiger partial charge in [0.2, 0.25) is 0 Å². The standard InChI is InChI=1S/C21H26N2O3S/c1-4-27(25,26)19-7-5-15(6-8-19)10-18(24)11-16-9-17-13-23-20(14(2)3)21(17)22-12-16/h5-9,12,14,20,23H,4,10-11,13H2,1-3H3/t20-/m0/s1. The highest BCUT2D eigenvalue weighted by Gasteiger charge is 2.26. The molecule has 1 atom stereocenters. The molecule has 144 valence electrons. The second-order valence-corrected chi connectivity index (χ2v) is 9.71. The first-order valence-electron chi connectivity index (χ1n) is 9.34. The number of fused-ring (bicyclic) bond motifs is 1. The molecule has 0 radical (unpaired) electrons. The van der Waals surface area contributed by atoms with Crippen molar-refractivity contribution in [2.75, 3.05) is 5.75 Å².